The Bertz CT molecular complexity index is 1560. The molecule has 0 saturated carbocycles. The highest BCUT2D eigenvalue weighted by atomic mass is 32.2. The average molecular weight is 542 g/mol. The van der Waals surface area contributed by atoms with Crippen molar-refractivity contribution >= 4 is 37.3 Å². The average Bonchev–Trinajstić information content (AvgIpc) is 3.26. The van der Waals surface area contributed by atoms with Crippen LogP contribution in [0.25, 0.3) is 0 Å². The summed E-state index contributed by atoms with van der Waals surface area (Å²) in [5, 5.41) is 0. The molecule has 1 aliphatic rings. The number of amides is 1. The Morgan fingerprint density at radius 3 is 2.22 bits per heavy atom. The number of benzene rings is 3. The van der Waals surface area contributed by atoms with E-state index >= 15 is 0 Å². The van der Waals surface area contributed by atoms with E-state index in [0.29, 0.717) is 29.9 Å². The summed E-state index contributed by atoms with van der Waals surface area (Å²) in [6.45, 7) is 4.40. The first-order chi connectivity index (χ1) is 17.3. The van der Waals surface area contributed by atoms with Crippen LogP contribution in [0.4, 0.5) is 11.4 Å². The summed E-state index contributed by atoms with van der Waals surface area (Å²) in [4.78, 5) is 15.1. The van der Waals surface area contributed by atoms with Gasteiger partial charge in [-0.1, -0.05) is 24.3 Å². The molecule has 1 heterocycles. The number of carbonyl (C=O) groups is 1. The minimum atomic E-state index is -3.56. The van der Waals surface area contributed by atoms with Crippen molar-refractivity contribution in [2.75, 3.05) is 36.1 Å². The Balaban J connectivity index is 1.56. The van der Waals surface area contributed by atoms with Crippen LogP contribution in [0.1, 0.15) is 32.6 Å². The zero-order chi connectivity index (χ0) is 27.1. The van der Waals surface area contributed by atoms with Crippen molar-refractivity contribution in [3.8, 4) is 0 Å². The first-order valence-corrected chi connectivity index (χ1v) is 15.1. The molecular formula is C27H31N3O5S2. The number of aryl methyl sites for hydroxylation is 2. The molecule has 0 saturated heterocycles. The van der Waals surface area contributed by atoms with Crippen molar-refractivity contribution in [2.24, 2.45) is 0 Å². The van der Waals surface area contributed by atoms with Gasteiger partial charge in [-0.25, -0.2) is 21.1 Å². The van der Waals surface area contributed by atoms with Crippen LogP contribution >= 0.6 is 0 Å². The molecular weight excluding hydrogens is 510 g/mol. The molecule has 0 fully saturated rings. The summed E-state index contributed by atoms with van der Waals surface area (Å²) in [6.07, 6.45) is 1.75. The van der Waals surface area contributed by atoms with E-state index < -0.39 is 20.0 Å². The van der Waals surface area contributed by atoms with Crippen LogP contribution in [0.2, 0.25) is 0 Å². The Morgan fingerprint density at radius 1 is 0.919 bits per heavy atom. The molecule has 8 nitrogen and oxygen atoms in total. The zero-order valence-electron chi connectivity index (χ0n) is 21.6. The molecule has 4 rings (SSSR count). The van der Waals surface area contributed by atoms with E-state index in [1.54, 1.807) is 41.3 Å². The van der Waals surface area contributed by atoms with E-state index in [-0.39, 0.29) is 17.3 Å². The maximum atomic E-state index is 13.3. The molecule has 10 heteroatoms. The van der Waals surface area contributed by atoms with Gasteiger partial charge in [0.25, 0.3) is 5.91 Å². The number of nitrogens with zero attached hydrogens (tertiary/aromatic N) is 3. The fraction of sp³-hybridized carbons (Fsp3) is 0.296. The second-order valence-electron chi connectivity index (χ2n) is 9.54. The standard InChI is InChI=1S/C27H31N3O5S2/c1-19-6-7-20(2)26(16-19)30(36(5,32)33)18-21-8-10-22(11-9-21)27(31)29-15-14-23-17-24(12-13-25(23)29)37(34,35)28(3)4/h6-13,16-17H,14-15,18H2,1-5H3. The van der Waals surface area contributed by atoms with Gasteiger partial charge in [0, 0.05) is 31.9 Å². The second-order valence-corrected chi connectivity index (χ2v) is 13.6. The van der Waals surface area contributed by atoms with Gasteiger partial charge in [0.2, 0.25) is 20.0 Å². The number of rotatable bonds is 7. The van der Waals surface area contributed by atoms with Crippen LogP contribution in [0.15, 0.2) is 65.6 Å². The Kier molecular flexibility index (Phi) is 7.20. The van der Waals surface area contributed by atoms with E-state index in [1.807, 2.05) is 32.0 Å². The first kappa shape index (κ1) is 26.8. The first-order valence-electron chi connectivity index (χ1n) is 11.8. The van der Waals surface area contributed by atoms with E-state index in [4.69, 9.17) is 0 Å². The van der Waals surface area contributed by atoms with Gasteiger partial charge in [0.15, 0.2) is 0 Å². The van der Waals surface area contributed by atoms with Gasteiger partial charge in [-0.05, 0) is 78.9 Å². The van der Waals surface area contributed by atoms with Gasteiger partial charge in [-0.15, -0.1) is 0 Å². The van der Waals surface area contributed by atoms with E-state index in [0.717, 1.165) is 22.3 Å². The van der Waals surface area contributed by atoms with Crippen molar-refractivity contribution in [3.63, 3.8) is 0 Å². The maximum absolute atomic E-state index is 13.3. The fourth-order valence-corrected chi connectivity index (χ4v) is 6.29. The Hall–Kier alpha value is -3.21. The van der Waals surface area contributed by atoms with Crippen LogP contribution in [-0.2, 0) is 33.0 Å². The summed E-state index contributed by atoms with van der Waals surface area (Å²) in [7, 11) is -4.12. The van der Waals surface area contributed by atoms with Gasteiger partial charge in [0.1, 0.15) is 0 Å². The summed E-state index contributed by atoms with van der Waals surface area (Å²) in [5.74, 6) is -0.192. The highest BCUT2D eigenvalue weighted by Crippen LogP contribution is 2.32. The van der Waals surface area contributed by atoms with Crippen molar-refractivity contribution in [1.82, 2.24) is 4.31 Å². The third-order valence-electron chi connectivity index (χ3n) is 6.53. The molecule has 0 aliphatic carbocycles. The lowest BCUT2D eigenvalue weighted by Crippen LogP contribution is -2.30. The molecule has 1 amide bonds. The zero-order valence-corrected chi connectivity index (χ0v) is 23.2. The lowest BCUT2D eigenvalue weighted by molar-refractivity contribution is 0.0989. The molecule has 1 aliphatic heterocycles. The molecule has 3 aromatic rings. The molecule has 0 radical (unpaired) electrons. The fourth-order valence-electron chi connectivity index (χ4n) is 4.40. The summed E-state index contributed by atoms with van der Waals surface area (Å²) in [6, 6.07) is 17.5. The van der Waals surface area contributed by atoms with Crippen LogP contribution in [0.5, 0.6) is 0 Å². The largest absolute Gasteiger partial charge is 0.308 e. The number of sulfonamides is 2. The molecule has 0 unspecified atom stereocenters. The molecule has 0 bridgehead atoms. The van der Waals surface area contributed by atoms with Gasteiger partial charge in [-0.2, -0.15) is 0 Å². The summed E-state index contributed by atoms with van der Waals surface area (Å²) < 4.78 is 52.7. The summed E-state index contributed by atoms with van der Waals surface area (Å²) >= 11 is 0. The predicted molar refractivity (Wildman–Crippen MR) is 146 cm³/mol. The third kappa shape index (κ3) is 5.41. The minimum Gasteiger partial charge on any atom is -0.308 e. The normalized spacial score (nSPS) is 13.6. The topological polar surface area (TPSA) is 95.1 Å². The molecule has 0 spiro atoms. The van der Waals surface area contributed by atoms with E-state index in [1.165, 1.54) is 35.0 Å². The number of hydrogen-bond acceptors (Lipinski definition) is 5. The number of fused-ring (bicyclic) bond motifs is 1. The van der Waals surface area contributed by atoms with Crippen molar-refractivity contribution < 1.29 is 21.6 Å². The molecule has 0 aromatic heterocycles. The van der Waals surface area contributed by atoms with Crippen molar-refractivity contribution in [2.45, 2.75) is 31.7 Å². The number of anilines is 2. The quantitative estimate of drug-likeness (QED) is 0.454. The van der Waals surface area contributed by atoms with E-state index in [9.17, 15) is 21.6 Å². The number of carbonyl (C=O) groups excluding carboxylic acids is 1. The van der Waals surface area contributed by atoms with E-state index in [2.05, 4.69) is 0 Å². The van der Waals surface area contributed by atoms with Crippen LogP contribution in [-0.4, -0.2) is 53.9 Å². The molecule has 0 N–H and O–H groups in total. The summed E-state index contributed by atoms with van der Waals surface area (Å²) in [5.41, 5.74) is 5.19. The highest BCUT2D eigenvalue weighted by molar-refractivity contribution is 7.92. The monoisotopic (exact) mass is 541 g/mol. The van der Waals surface area contributed by atoms with Crippen LogP contribution < -0.4 is 9.21 Å². The molecule has 3 aromatic carbocycles. The lowest BCUT2D eigenvalue weighted by Gasteiger charge is -2.25. The lowest BCUT2D eigenvalue weighted by atomic mass is 10.1. The van der Waals surface area contributed by atoms with Crippen LogP contribution in [0.3, 0.4) is 0 Å². The SMILES string of the molecule is Cc1ccc(C)c(N(Cc2ccc(C(=O)N3CCc4cc(S(=O)(=O)N(C)C)ccc43)cc2)S(C)(=O)=O)c1. The maximum Gasteiger partial charge on any atom is 0.258 e. The molecule has 37 heavy (non-hydrogen) atoms. The Morgan fingerprint density at radius 2 is 1.59 bits per heavy atom. The van der Waals surface area contributed by atoms with Crippen molar-refractivity contribution in [1.29, 1.82) is 0 Å². The number of hydrogen-bond donors (Lipinski definition) is 0. The van der Waals surface area contributed by atoms with Gasteiger partial charge < -0.3 is 4.90 Å². The molecule has 0 atom stereocenters. The Labute approximate surface area is 219 Å². The van der Waals surface area contributed by atoms with Gasteiger partial charge in [0.05, 0.1) is 23.4 Å². The van der Waals surface area contributed by atoms with Crippen LogP contribution in [0, 0.1) is 13.8 Å². The second kappa shape index (κ2) is 9.92. The van der Waals surface area contributed by atoms with Crippen molar-refractivity contribution in [3.05, 3.63) is 88.5 Å². The molecule has 196 valence electrons. The highest BCUT2D eigenvalue weighted by Gasteiger charge is 2.28. The van der Waals surface area contributed by atoms with Gasteiger partial charge in [-0.3, -0.25) is 9.10 Å². The minimum absolute atomic E-state index is 0.146. The predicted octanol–water partition coefficient (Wildman–Crippen LogP) is 3.72. The third-order valence-corrected chi connectivity index (χ3v) is 9.47. The smallest absolute Gasteiger partial charge is 0.258 e. The van der Waals surface area contributed by atoms with Gasteiger partial charge >= 0.3 is 0 Å².